The standard InChI is InChI=1S/C3H6N2O2/c1-7-3(6)5-2-4/h3,5-6H,1H3. The van der Waals surface area contributed by atoms with Gasteiger partial charge in [-0.25, -0.2) is 0 Å². The van der Waals surface area contributed by atoms with Gasteiger partial charge in [-0.1, -0.05) is 0 Å². The molecule has 0 saturated heterocycles. The van der Waals surface area contributed by atoms with Crippen LogP contribution in [0.4, 0.5) is 0 Å². The fraction of sp³-hybridized carbons (Fsp3) is 0.667. The minimum absolute atomic E-state index is 1.16. The van der Waals surface area contributed by atoms with Gasteiger partial charge in [0.15, 0.2) is 6.19 Å². The van der Waals surface area contributed by atoms with Crippen LogP contribution in [-0.2, 0) is 4.74 Å². The van der Waals surface area contributed by atoms with E-state index in [9.17, 15) is 0 Å². The summed E-state index contributed by atoms with van der Waals surface area (Å²) in [5.41, 5.74) is 0. The van der Waals surface area contributed by atoms with Crippen LogP contribution in [0.25, 0.3) is 0 Å². The van der Waals surface area contributed by atoms with Crippen LogP contribution < -0.4 is 5.32 Å². The molecular weight excluding hydrogens is 96.0 g/mol. The number of hydrogen-bond donors (Lipinski definition) is 2. The molecule has 1 atom stereocenters. The zero-order valence-corrected chi connectivity index (χ0v) is 3.88. The molecule has 0 heterocycles. The van der Waals surface area contributed by atoms with Crippen molar-refractivity contribution in [1.29, 1.82) is 5.26 Å². The Bertz CT molecular complexity index is 77.5. The van der Waals surface area contributed by atoms with Crippen LogP contribution in [0.15, 0.2) is 0 Å². The molecule has 0 amide bonds. The summed E-state index contributed by atoms with van der Waals surface area (Å²) in [4.78, 5) is 0. The second-order valence-corrected chi connectivity index (χ2v) is 0.844. The molecule has 0 aliphatic carbocycles. The van der Waals surface area contributed by atoms with Crippen LogP contribution >= 0.6 is 0 Å². The molecule has 7 heavy (non-hydrogen) atoms. The van der Waals surface area contributed by atoms with Crippen LogP contribution in [0.1, 0.15) is 0 Å². The Morgan fingerprint density at radius 3 is 2.71 bits per heavy atom. The summed E-state index contributed by atoms with van der Waals surface area (Å²) in [6, 6.07) is 0. The lowest BCUT2D eigenvalue weighted by atomic mass is 11.0. The van der Waals surface area contributed by atoms with E-state index in [-0.39, 0.29) is 0 Å². The Morgan fingerprint density at radius 1 is 2.00 bits per heavy atom. The van der Waals surface area contributed by atoms with Crippen molar-refractivity contribution in [2.24, 2.45) is 0 Å². The van der Waals surface area contributed by atoms with E-state index in [1.165, 1.54) is 13.3 Å². The van der Waals surface area contributed by atoms with Gasteiger partial charge in [0.25, 0.3) is 0 Å². The molecule has 4 heteroatoms. The normalized spacial score (nSPS) is 12.1. The molecule has 0 aromatic rings. The van der Waals surface area contributed by atoms with Gasteiger partial charge in [0, 0.05) is 7.11 Å². The first-order chi connectivity index (χ1) is 3.31. The van der Waals surface area contributed by atoms with Crippen molar-refractivity contribution >= 4 is 0 Å². The highest BCUT2D eigenvalue weighted by Crippen LogP contribution is 1.69. The number of methoxy groups -OCH3 is 1. The van der Waals surface area contributed by atoms with Gasteiger partial charge in [0.1, 0.15) is 0 Å². The molecule has 0 fully saturated rings. The number of aliphatic hydroxyl groups is 1. The number of nitrogens with one attached hydrogen (secondary N) is 1. The van der Waals surface area contributed by atoms with E-state index in [2.05, 4.69) is 4.74 Å². The Balaban J connectivity index is 3.03. The Hall–Kier alpha value is -0.790. The highest BCUT2D eigenvalue weighted by Gasteiger charge is 1.91. The van der Waals surface area contributed by atoms with Crippen LogP contribution in [-0.4, -0.2) is 18.6 Å². The van der Waals surface area contributed by atoms with Gasteiger partial charge < -0.3 is 9.84 Å². The maximum atomic E-state index is 8.30. The summed E-state index contributed by atoms with van der Waals surface area (Å²) < 4.78 is 4.21. The monoisotopic (exact) mass is 102 g/mol. The third-order valence-electron chi connectivity index (χ3n) is 0.411. The second-order valence-electron chi connectivity index (χ2n) is 0.844. The first-order valence-electron chi connectivity index (χ1n) is 1.66. The van der Waals surface area contributed by atoms with Gasteiger partial charge in [0.2, 0.25) is 6.41 Å². The first-order valence-corrected chi connectivity index (χ1v) is 1.66. The SMILES string of the molecule is COC(O)NC#N. The molecule has 0 spiro atoms. The molecule has 4 nitrogen and oxygen atoms in total. The Labute approximate surface area is 41.3 Å². The van der Waals surface area contributed by atoms with Gasteiger partial charge in [-0.2, -0.15) is 5.26 Å². The van der Waals surface area contributed by atoms with E-state index < -0.39 is 6.41 Å². The van der Waals surface area contributed by atoms with E-state index >= 15 is 0 Å². The van der Waals surface area contributed by atoms with E-state index in [1.54, 1.807) is 0 Å². The summed E-state index contributed by atoms with van der Waals surface area (Å²) >= 11 is 0. The first kappa shape index (κ1) is 6.21. The lowest BCUT2D eigenvalue weighted by molar-refractivity contribution is -0.0861. The Kier molecular flexibility index (Phi) is 3.02. The zero-order valence-electron chi connectivity index (χ0n) is 3.88. The Morgan fingerprint density at radius 2 is 2.57 bits per heavy atom. The smallest absolute Gasteiger partial charge is 0.243 e. The number of aliphatic hydroxyl groups excluding tert-OH is 1. The molecule has 0 aliphatic heterocycles. The zero-order chi connectivity index (χ0) is 5.70. The van der Waals surface area contributed by atoms with Crippen molar-refractivity contribution in [3.05, 3.63) is 0 Å². The molecule has 0 aromatic carbocycles. The average Bonchev–Trinajstić information content (AvgIpc) is 1.68. The minimum atomic E-state index is -1.16. The number of hydrogen-bond acceptors (Lipinski definition) is 4. The third-order valence-corrected chi connectivity index (χ3v) is 0.411. The van der Waals surface area contributed by atoms with E-state index in [1.807, 2.05) is 5.32 Å². The highest BCUT2D eigenvalue weighted by molar-refractivity contribution is 4.61. The van der Waals surface area contributed by atoms with Crippen LogP contribution in [0, 0.1) is 11.5 Å². The topological polar surface area (TPSA) is 65.3 Å². The summed E-state index contributed by atoms with van der Waals surface area (Å²) in [5, 5.41) is 18.0. The second kappa shape index (κ2) is 3.40. The van der Waals surface area contributed by atoms with Crippen molar-refractivity contribution in [3.63, 3.8) is 0 Å². The fourth-order valence-electron chi connectivity index (χ4n) is 0.114. The van der Waals surface area contributed by atoms with Crippen molar-refractivity contribution < 1.29 is 9.84 Å². The number of ether oxygens (including phenoxy) is 1. The van der Waals surface area contributed by atoms with Gasteiger partial charge in [0.05, 0.1) is 0 Å². The summed E-state index contributed by atoms with van der Waals surface area (Å²) in [7, 11) is 1.29. The van der Waals surface area contributed by atoms with Gasteiger partial charge >= 0.3 is 0 Å². The average molecular weight is 102 g/mol. The van der Waals surface area contributed by atoms with Gasteiger partial charge in [-0.3, -0.25) is 5.32 Å². The third kappa shape index (κ3) is 3.03. The van der Waals surface area contributed by atoms with Crippen LogP contribution in [0.2, 0.25) is 0 Å². The lowest BCUT2D eigenvalue weighted by Gasteiger charge is -2.01. The van der Waals surface area contributed by atoms with Crippen LogP contribution in [0.3, 0.4) is 0 Å². The molecule has 0 aliphatic rings. The molecule has 40 valence electrons. The van der Waals surface area contributed by atoms with E-state index in [0.717, 1.165) is 0 Å². The highest BCUT2D eigenvalue weighted by atomic mass is 16.6. The molecule has 0 aromatic heterocycles. The number of rotatable bonds is 2. The predicted molar refractivity (Wildman–Crippen MR) is 21.8 cm³/mol. The molecule has 0 bridgehead atoms. The van der Waals surface area contributed by atoms with Crippen molar-refractivity contribution in [1.82, 2.24) is 5.32 Å². The quantitative estimate of drug-likeness (QED) is 0.266. The van der Waals surface area contributed by atoms with Crippen LogP contribution in [0.5, 0.6) is 0 Å². The van der Waals surface area contributed by atoms with Crippen molar-refractivity contribution in [2.45, 2.75) is 6.41 Å². The lowest BCUT2D eigenvalue weighted by Crippen LogP contribution is -2.25. The van der Waals surface area contributed by atoms with Crippen molar-refractivity contribution in [2.75, 3.05) is 7.11 Å². The molecule has 1 unspecified atom stereocenters. The largest absolute Gasteiger partial charge is 0.351 e. The molecule has 0 saturated carbocycles. The molecule has 0 rings (SSSR count). The van der Waals surface area contributed by atoms with E-state index in [0.29, 0.717) is 0 Å². The molecule has 0 radical (unpaired) electrons. The minimum Gasteiger partial charge on any atom is -0.351 e. The predicted octanol–water partition coefficient (Wildman–Crippen LogP) is -1.02. The fourth-order valence-corrected chi connectivity index (χ4v) is 0.114. The van der Waals surface area contributed by atoms with Gasteiger partial charge in [-0.15, -0.1) is 0 Å². The maximum Gasteiger partial charge on any atom is 0.243 e. The molecular formula is C3H6N2O2. The number of nitrogens with zero attached hydrogens (tertiary/aromatic N) is 1. The van der Waals surface area contributed by atoms with E-state index in [4.69, 9.17) is 10.4 Å². The summed E-state index contributed by atoms with van der Waals surface area (Å²) in [6.45, 7) is 0. The summed E-state index contributed by atoms with van der Waals surface area (Å²) in [5.74, 6) is 0. The van der Waals surface area contributed by atoms with Crippen molar-refractivity contribution in [3.8, 4) is 6.19 Å². The number of nitriles is 1. The maximum absolute atomic E-state index is 8.30. The van der Waals surface area contributed by atoms with Gasteiger partial charge in [-0.05, 0) is 0 Å². The molecule has 2 N–H and O–H groups in total. The summed E-state index contributed by atoms with van der Waals surface area (Å²) in [6.07, 6.45) is 0.331.